The van der Waals surface area contributed by atoms with Crippen LogP contribution in [0.15, 0.2) is 12.1 Å². The van der Waals surface area contributed by atoms with Crippen molar-refractivity contribution >= 4 is 23.2 Å². The molecule has 0 radical (unpaired) electrons. The predicted molar refractivity (Wildman–Crippen MR) is 69.3 cm³/mol. The lowest BCUT2D eigenvalue weighted by atomic mass is 10.3. The second-order valence-electron chi connectivity index (χ2n) is 3.75. The largest absolute Gasteiger partial charge is 0.477 e. The van der Waals surface area contributed by atoms with E-state index in [-0.39, 0.29) is 10.8 Å². The summed E-state index contributed by atoms with van der Waals surface area (Å²) in [6.07, 6.45) is 0.854. The maximum atomic E-state index is 12.2. The predicted octanol–water partition coefficient (Wildman–Crippen LogP) is 1.94. The average Bonchev–Trinajstić information content (AvgIpc) is 2.83. The molecule has 1 aromatic heterocycles. The molecule has 1 aromatic rings. The third kappa shape index (κ3) is 3.82. The topological polar surface area (TPSA) is 66.8 Å². The molecule has 1 N–H and O–H groups in total. The van der Waals surface area contributed by atoms with Crippen LogP contribution in [-0.2, 0) is 4.74 Å². The van der Waals surface area contributed by atoms with Crippen molar-refractivity contribution in [2.75, 3.05) is 26.8 Å². The highest BCUT2D eigenvalue weighted by Gasteiger charge is 2.18. The van der Waals surface area contributed by atoms with Gasteiger partial charge in [-0.25, -0.2) is 4.79 Å². The fourth-order valence-corrected chi connectivity index (χ4v) is 2.32. The monoisotopic (exact) mass is 271 g/mol. The van der Waals surface area contributed by atoms with Gasteiger partial charge in [0.2, 0.25) is 0 Å². The van der Waals surface area contributed by atoms with Crippen molar-refractivity contribution < 1.29 is 19.4 Å². The number of hydrogen-bond donors (Lipinski definition) is 1. The van der Waals surface area contributed by atoms with Crippen LogP contribution >= 0.6 is 11.3 Å². The molecular weight excluding hydrogens is 254 g/mol. The molecule has 18 heavy (non-hydrogen) atoms. The molecule has 100 valence electrons. The van der Waals surface area contributed by atoms with Gasteiger partial charge in [-0.05, 0) is 18.6 Å². The highest BCUT2D eigenvalue weighted by molar-refractivity contribution is 7.15. The number of amides is 1. The number of carbonyl (C=O) groups is 2. The van der Waals surface area contributed by atoms with E-state index in [1.807, 2.05) is 6.92 Å². The quantitative estimate of drug-likeness (QED) is 0.823. The summed E-state index contributed by atoms with van der Waals surface area (Å²) in [5, 5.41) is 8.83. The fourth-order valence-electron chi connectivity index (χ4n) is 1.51. The first-order chi connectivity index (χ1) is 8.60. The molecule has 5 nitrogen and oxygen atoms in total. The summed E-state index contributed by atoms with van der Waals surface area (Å²) in [5.41, 5.74) is 0. The Bertz CT molecular complexity index is 416. The second kappa shape index (κ2) is 7.13. The zero-order valence-corrected chi connectivity index (χ0v) is 11.3. The number of methoxy groups -OCH3 is 1. The highest BCUT2D eigenvalue weighted by atomic mass is 32.1. The molecule has 0 atom stereocenters. The van der Waals surface area contributed by atoms with Gasteiger partial charge in [0.15, 0.2) is 0 Å². The Labute approximate surface area is 110 Å². The third-order valence-electron chi connectivity index (χ3n) is 2.37. The number of nitrogens with zero attached hydrogens (tertiary/aromatic N) is 1. The zero-order valence-electron chi connectivity index (χ0n) is 10.5. The second-order valence-corrected chi connectivity index (χ2v) is 4.84. The van der Waals surface area contributed by atoms with Gasteiger partial charge in [0.25, 0.3) is 5.91 Å². The number of aromatic carboxylic acids is 1. The summed E-state index contributed by atoms with van der Waals surface area (Å²) in [4.78, 5) is 25.3. The first-order valence-corrected chi connectivity index (χ1v) is 6.53. The molecule has 1 amide bonds. The van der Waals surface area contributed by atoms with E-state index in [1.165, 1.54) is 6.07 Å². The van der Waals surface area contributed by atoms with Crippen LogP contribution in [0.2, 0.25) is 0 Å². The third-order valence-corrected chi connectivity index (χ3v) is 3.43. The standard InChI is InChI=1S/C12H17NO4S/c1-3-6-13(7-8-17-2)11(14)9-4-5-10(18-9)12(15)16/h4-5H,3,6-8H2,1-2H3,(H,15,16). The molecule has 6 heteroatoms. The maximum absolute atomic E-state index is 12.2. The molecule has 0 unspecified atom stereocenters. The highest BCUT2D eigenvalue weighted by Crippen LogP contribution is 2.18. The number of ether oxygens (including phenoxy) is 1. The number of carboxylic acid groups (broad SMARTS) is 1. The average molecular weight is 271 g/mol. The van der Waals surface area contributed by atoms with Gasteiger partial charge in [0.1, 0.15) is 4.88 Å². The first-order valence-electron chi connectivity index (χ1n) is 5.71. The van der Waals surface area contributed by atoms with Crippen LogP contribution in [-0.4, -0.2) is 48.7 Å². The van der Waals surface area contributed by atoms with Gasteiger partial charge in [-0.2, -0.15) is 0 Å². The Balaban J connectivity index is 2.77. The van der Waals surface area contributed by atoms with Crippen LogP contribution in [0.5, 0.6) is 0 Å². The Morgan fingerprint density at radius 1 is 1.33 bits per heavy atom. The van der Waals surface area contributed by atoms with E-state index in [0.717, 1.165) is 17.8 Å². The van der Waals surface area contributed by atoms with E-state index in [9.17, 15) is 9.59 Å². The van der Waals surface area contributed by atoms with Crippen LogP contribution in [0.4, 0.5) is 0 Å². The van der Waals surface area contributed by atoms with Gasteiger partial charge >= 0.3 is 5.97 Å². The summed E-state index contributed by atoms with van der Waals surface area (Å²) in [7, 11) is 1.59. The maximum Gasteiger partial charge on any atom is 0.345 e. The molecule has 0 bridgehead atoms. The molecule has 0 fully saturated rings. The van der Waals surface area contributed by atoms with Crippen LogP contribution in [0.25, 0.3) is 0 Å². The molecule has 1 rings (SSSR count). The molecule has 0 spiro atoms. The van der Waals surface area contributed by atoms with Crippen molar-refractivity contribution in [3.05, 3.63) is 21.9 Å². The normalized spacial score (nSPS) is 10.3. The molecule has 0 aliphatic carbocycles. The number of thiophene rings is 1. The minimum atomic E-state index is -1.00. The van der Waals surface area contributed by atoms with Crippen LogP contribution in [0.1, 0.15) is 32.7 Å². The lowest BCUT2D eigenvalue weighted by Gasteiger charge is -2.20. The Kier molecular flexibility index (Phi) is 5.80. The summed E-state index contributed by atoms with van der Waals surface area (Å²) in [6.45, 7) is 3.62. The van der Waals surface area contributed by atoms with Crippen molar-refractivity contribution in [2.24, 2.45) is 0 Å². The van der Waals surface area contributed by atoms with Gasteiger partial charge in [-0.15, -0.1) is 11.3 Å². The van der Waals surface area contributed by atoms with Gasteiger partial charge in [0, 0.05) is 20.2 Å². The van der Waals surface area contributed by atoms with E-state index in [2.05, 4.69) is 0 Å². The smallest absolute Gasteiger partial charge is 0.345 e. The fraction of sp³-hybridized carbons (Fsp3) is 0.500. The van der Waals surface area contributed by atoms with Crippen molar-refractivity contribution in [1.29, 1.82) is 0 Å². The van der Waals surface area contributed by atoms with Gasteiger partial charge in [-0.1, -0.05) is 6.92 Å². The lowest BCUT2D eigenvalue weighted by molar-refractivity contribution is 0.0695. The number of hydrogen-bond acceptors (Lipinski definition) is 4. The van der Waals surface area contributed by atoms with Crippen molar-refractivity contribution in [2.45, 2.75) is 13.3 Å². The van der Waals surface area contributed by atoms with E-state index in [0.29, 0.717) is 24.6 Å². The van der Waals surface area contributed by atoms with Crippen LogP contribution in [0.3, 0.4) is 0 Å². The number of carbonyl (C=O) groups excluding carboxylic acids is 1. The van der Waals surface area contributed by atoms with E-state index in [4.69, 9.17) is 9.84 Å². The van der Waals surface area contributed by atoms with Gasteiger partial charge in [0.05, 0.1) is 11.5 Å². The molecule has 0 aromatic carbocycles. The first kappa shape index (κ1) is 14.7. The van der Waals surface area contributed by atoms with Crippen LogP contribution in [0, 0.1) is 0 Å². The van der Waals surface area contributed by atoms with Crippen LogP contribution < -0.4 is 0 Å². The molecule has 0 saturated carbocycles. The van der Waals surface area contributed by atoms with E-state index in [1.54, 1.807) is 18.1 Å². The van der Waals surface area contributed by atoms with Crippen molar-refractivity contribution in [3.63, 3.8) is 0 Å². The molecule has 0 aliphatic rings. The molecule has 0 aliphatic heterocycles. The lowest BCUT2D eigenvalue weighted by Crippen LogP contribution is -2.34. The summed E-state index contributed by atoms with van der Waals surface area (Å²) in [5.74, 6) is -1.13. The Morgan fingerprint density at radius 2 is 2.00 bits per heavy atom. The summed E-state index contributed by atoms with van der Waals surface area (Å²) >= 11 is 1.01. The van der Waals surface area contributed by atoms with E-state index >= 15 is 0 Å². The Morgan fingerprint density at radius 3 is 2.50 bits per heavy atom. The summed E-state index contributed by atoms with van der Waals surface area (Å²) < 4.78 is 4.96. The minimum absolute atomic E-state index is 0.133. The summed E-state index contributed by atoms with van der Waals surface area (Å²) in [6, 6.07) is 3.02. The van der Waals surface area contributed by atoms with E-state index < -0.39 is 5.97 Å². The van der Waals surface area contributed by atoms with Gasteiger partial charge < -0.3 is 14.7 Å². The minimum Gasteiger partial charge on any atom is -0.477 e. The zero-order chi connectivity index (χ0) is 13.5. The number of rotatable bonds is 7. The van der Waals surface area contributed by atoms with Crippen molar-refractivity contribution in [3.8, 4) is 0 Å². The molecule has 1 heterocycles. The van der Waals surface area contributed by atoms with Gasteiger partial charge in [-0.3, -0.25) is 4.79 Å². The number of carboxylic acids is 1. The van der Waals surface area contributed by atoms with Crippen molar-refractivity contribution in [1.82, 2.24) is 4.90 Å². The Hall–Kier alpha value is -1.40. The molecule has 0 saturated heterocycles. The SMILES string of the molecule is CCCN(CCOC)C(=O)c1ccc(C(=O)O)s1. The molecular formula is C12H17NO4S.